The number of hydrogen-bond donors (Lipinski definition) is 0. The average molecular weight is 599 g/mol. The van der Waals surface area contributed by atoms with E-state index >= 15 is 0 Å². The van der Waals surface area contributed by atoms with Crippen LogP contribution in [0.1, 0.15) is 60.8 Å². The highest BCUT2D eigenvalue weighted by atomic mass is 32.2. The van der Waals surface area contributed by atoms with Gasteiger partial charge in [-0.25, -0.2) is 0 Å². The molecule has 0 radical (unpaired) electrons. The van der Waals surface area contributed by atoms with E-state index < -0.39 is 0 Å². The van der Waals surface area contributed by atoms with E-state index in [-0.39, 0.29) is 0 Å². The van der Waals surface area contributed by atoms with Crippen LogP contribution in [-0.4, -0.2) is 23.0 Å². The van der Waals surface area contributed by atoms with Gasteiger partial charge in [0.2, 0.25) is 0 Å². The lowest BCUT2D eigenvalue weighted by molar-refractivity contribution is 0.715. The summed E-state index contributed by atoms with van der Waals surface area (Å²) in [6, 6.07) is 40.1. The first-order chi connectivity index (χ1) is 20.3. The Morgan fingerprint density at radius 2 is 0.683 bits per heavy atom. The molecule has 0 heterocycles. The van der Waals surface area contributed by atoms with Gasteiger partial charge in [-0.2, -0.15) is 11.8 Å². The molecule has 0 aliphatic heterocycles. The van der Waals surface area contributed by atoms with E-state index in [2.05, 4.69) is 121 Å². The summed E-state index contributed by atoms with van der Waals surface area (Å²) in [4.78, 5) is 2.73. The monoisotopic (exact) mass is 598 g/mol. The number of thioether (sulfide) groups is 3. The van der Waals surface area contributed by atoms with Crippen molar-refractivity contribution >= 4 is 35.3 Å². The summed E-state index contributed by atoms with van der Waals surface area (Å²) in [6.45, 7) is 0. The lowest BCUT2D eigenvalue weighted by Crippen LogP contribution is -1.92. The predicted octanol–water partition coefficient (Wildman–Crippen LogP) is 11.2. The maximum atomic E-state index is 2.35. The molecule has 41 heavy (non-hydrogen) atoms. The summed E-state index contributed by atoms with van der Waals surface area (Å²) in [5.41, 5.74) is 5.90. The Morgan fingerprint density at radius 3 is 1.07 bits per heavy atom. The van der Waals surface area contributed by atoms with Crippen molar-refractivity contribution in [3.8, 4) is 0 Å². The van der Waals surface area contributed by atoms with Crippen molar-refractivity contribution in [1.82, 2.24) is 0 Å². The van der Waals surface area contributed by atoms with Crippen LogP contribution in [0.4, 0.5) is 0 Å². The third kappa shape index (κ3) is 13.6. The molecule has 0 saturated carbocycles. The number of benzene rings is 4. The molecule has 0 unspecified atom stereocenters. The molecule has 0 atom stereocenters. The molecule has 0 saturated heterocycles. The number of rotatable bonds is 20. The van der Waals surface area contributed by atoms with Gasteiger partial charge in [-0.05, 0) is 109 Å². The smallest absolute Gasteiger partial charge is 0.00720 e. The normalized spacial score (nSPS) is 11.1. The molecule has 0 spiro atoms. The van der Waals surface area contributed by atoms with Crippen LogP contribution in [0.15, 0.2) is 119 Å². The zero-order chi connectivity index (χ0) is 28.2. The van der Waals surface area contributed by atoms with Crippen LogP contribution in [0.2, 0.25) is 0 Å². The van der Waals surface area contributed by atoms with Gasteiger partial charge < -0.3 is 0 Å². The molecule has 0 aromatic heterocycles. The van der Waals surface area contributed by atoms with Gasteiger partial charge in [-0.3, -0.25) is 0 Å². The highest BCUT2D eigenvalue weighted by molar-refractivity contribution is 7.99. The van der Waals surface area contributed by atoms with Crippen molar-refractivity contribution in [3.05, 3.63) is 131 Å². The lowest BCUT2D eigenvalue weighted by Gasteiger charge is -2.06. The Bertz CT molecular complexity index is 1090. The molecule has 4 aromatic carbocycles. The van der Waals surface area contributed by atoms with Crippen molar-refractivity contribution < 1.29 is 0 Å². The first-order valence-corrected chi connectivity index (χ1v) is 18.6. The summed E-state index contributed by atoms with van der Waals surface area (Å²) in [5.74, 6) is 4.93. The largest absolute Gasteiger partial charge is 0.162 e. The van der Waals surface area contributed by atoms with E-state index in [0.29, 0.717) is 0 Å². The maximum Gasteiger partial charge on any atom is 0.00720 e. The highest BCUT2D eigenvalue weighted by Gasteiger charge is 2.00. The fourth-order valence-corrected chi connectivity index (χ4v) is 7.74. The van der Waals surface area contributed by atoms with E-state index in [1.54, 1.807) is 0 Å². The van der Waals surface area contributed by atoms with Crippen molar-refractivity contribution in [2.75, 3.05) is 23.0 Å². The second kappa shape index (κ2) is 19.9. The second-order valence-corrected chi connectivity index (χ2v) is 14.3. The average Bonchev–Trinajstić information content (AvgIpc) is 3.02. The van der Waals surface area contributed by atoms with Gasteiger partial charge >= 0.3 is 0 Å². The Balaban J connectivity index is 0.938. The molecule has 0 bridgehead atoms. The quantitative estimate of drug-likeness (QED) is 0.0733. The standard InChI is InChI=1S/C38H46S3/c1-7-15-37(16-8-1)40-31-27-35-23-19-33(20-24-35)13-5-3-11-29-39-30-12-4-6-14-34-21-25-36(26-22-34)28-32-41-38-17-9-2-10-18-38/h1-2,7-10,15-26H,3-6,11-14,27-32H2. The van der Waals surface area contributed by atoms with Crippen LogP contribution >= 0.6 is 35.3 Å². The van der Waals surface area contributed by atoms with Crippen LogP contribution in [0.25, 0.3) is 0 Å². The molecule has 0 N–H and O–H groups in total. The molecule has 0 aliphatic carbocycles. The summed E-state index contributed by atoms with van der Waals surface area (Å²) < 4.78 is 0. The first-order valence-electron chi connectivity index (χ1n) is 15.4. The Hall–Kier alpha value is -2.07. The Kier molecular flexibility index (Phi) is 15.5. The predicted molar refractivity (Wildman–Crippen MR) is 187 cm³/mol. The van der Waals surface area contributed by atoms with Gasteiger partial charge in [-0.1, -0.05) is 97.8 Å². The van der Waals surface area contributed by atoms with E-state index in [1.807, 2.05) is 23.5 Å². The van der Waals surface area contributed by atoms with E-state index in [9.17, 15) is 0 Å². The second-order valence-electron chi connectivity index (χ2n) is 10.7. The molecule has 3 heteroatoms. The van der Waals surface area contributed by atoms with Gasteiger partial charge in [0.15, 0.2) is 0 Å². The van der Waals surface area contributed by atoms with Gasteiger partial charge in [0.1, 0.15) is 0 Å². The molecule has 4 rings (SSSR count). The third-order valence-corrected chi connectivity index (χ3v) is 10.5. The number of hydrogen-bond acceptors (Lipinski definition) is 3. The van der Waals surface area contributed by atoms with Crippen LogP contribution in [0.5, 0.6) is 0 Å². The van der Waals surface area contributed by atoms with Crippen LogP contribution in [-0.2, 0) is 25.7 Å². The topological polar surface area (TPSA) is 0 Å². The zero-order valence-corrected chi connectivity index (χ0v) is 27.0. The zero-order valence-electron chi connectivity index (χ0n) is 24.5. The minimum absolute atomic E-state index is 1.14. The number of unbranched alkanes of at least 4 members (excludes halogenated alkanes) is 4. The molecule has 0 nitrogen and oxygen atoms in total. The van der Waals surface area contributed by atoms with E-state index in [4.69, 9.17) is 0 Å². The van der Waals surface area contributed by atoms with E-state index in [1.165, 1.54) is 94.9 Å². The van der Waals surface area contributed by atoms with E-state index in [0.717, 1.165) is 24.3 Å². The van der Waals surface area contributed by atoms with Gasteiger partial charge in [0, 0.05) is 21.3 Å². The highest BCUT2D eigenvalue weighted by Crippen LogP contribution is 2.20. The molecule has 0 fully saturated rings. The van der Waals surface area contributed by atoms with Crippen molar-refractivity contribution in [1.29, 1.82) is 0 Å². The molecule has 0 amide bonds. The maximum absolute atomic E-state index is 2.35. The van der Waals surface area contributed by atoms with Crippen LogP contribution in [0, 0.1) is 0 Å². The summed E-state index contributed by atoms with van der Waals surface area (Å²) in [6.07, 6.45) is 12.8. The summed E-state index contributed by atoms with van der Waals surface area (Å²) in [7, 11) is 0. The summed E-state index contributed by atoms with van der Waals surface area (Å²) >= 11 is 6.05. The van der Waals surface area contributed by atoms with Gasteiger partial charge in [0.25, 0.3) is 0 Å². The van der Waals surface area contributed by atoms with Crippen molar-refractivity contribution in [2.24, 2.45) is 0 Å². The molecule has 4 aromatic rings. The molecule has 216 valence electrons. The minimum Gasteiger partial charge on any atom is -0.162 e. The number of aryl methyl sites for hydroxylation is 4. The van der Waals surface area contributed by atoms with Crippen molar-refractivity contribution in [3.63, 3.8) is 0 Å². The first kappa shape index (κ1) is 31.9. The van der Waals surface area contributed by atoms with Gasteiger partial charge in [0.05, 0.1) is 0 Å². The van der Waals surface area contributed by atoms with Gasteiger partial charge in [-0.15, -0.1) is 23.5 Å². The SMILES string of the molecule is c1ccc(SCCc2ccc(CCCCCSCCCCCc3ccc(CCSc4ccccc4)cc3)cc2)cc1. The molecule has 0 aliphatic rings. The minimum atomic E-state index is 1.14. The van der Waals surface area contributed by atoms with Crippen LogP contribution < -0.4 is 0 Å². The summed E-state index contributed by atoms with van der Waals surface area (Å²) in [5, 5.41) is 0. The Morgan fingerprint density at radius 1 is 0.317 bits per heavy atom. The molecular formula is C38H46S3. The van der Waals surface area contributed by atoms with Crippen LogP contribution in [0.3, 0.4) is 0 Å². The van der Waals surface area contributed by atoms with Crippen molar-refractivity contribution in [2.45, 2.75) is 74.0 Å². The Labute approximate surface area is 262 Å². The third-order valence-electron chi connectivity index (χ3n) is 7.36. The molecular weight excluding hydrogens is 553 g/mol. The fourth-order valence-electron chi connectivity index (χ4n) is 4.87. The lowest BCUT2D eigenvalue weighted by atomic mass is 10.0. The fraction of sp³-hybridized carbons (Fsp3) is 0.368.